The van der Waals surface area contributed by atoms with Gasteiger partial charge in [-0.05, 0) is 72.1 Å². The molecule has 0 bridgehead atoms. The van der Waals surface area contributed by atoms with Gasteiger partial charge in [-0.3, -0.25) is 15.0 Å². The lowest BCUT2D eigenvalue weighted by Crippen LogP contribution is -2.29. The zero-order valence-corrected chi connectivity index (χ0v) is 20.7. The third kappa shape index (κ3) is 6.85. The van der Waals surface area contributed by atoms with Crippen molar-refractivity contribution in [3.63, 3.8) is 0 Å². The first-order chi connectivity index (χ1) is 15.2. The third-order valence-electron chi connectivity index (χ3n) is 5.75. The Morgan fingerprint density at radius 3 is 2.50 bits per heavy atom. The van der Waals surface area contributed by atoms with Gasteiger partial charge < -0.3 is 0 Å². The Morgan fingerprint density at radius 1 is 1.16 bits per heavy atom. The minimum atomic E-state index is -0.255. The summed E-state index contributed by atoms with van der Waals surface area (Å²) in [4.78, 5) is 14.7. The molecule has 0 N–H and O–H groups in total. The third-order valence-corrected chi connectivity index (χ3v) is 5.75. The maximum absolute atomic E-state index is 5.11. The molecule has 1 aliphatic heterocycles. The molecule has 0 radical (unpaired) electrons. The normalized spacial score (nSPS) is 20.6. The number of benzene rings is 1. The molecular formula is C29H39N3. The van der Waals surface area contributed by atoms with Gasteiger partial charge in [-0.25, -0.2) is 0 Å². The van der Waals surface area contributed by atoms with Gasteiger partial charge in [-0.1, -0.05) is 55.7 Å². The predicted molar refractivity (Wildman–Crippen MR) is 143 cm³/mol. The van der Waals surface area contributed by atoms with Crippen molar-refractivity contribution < 1.29 is 0 Å². The van der Waals surface area contributed by atoms with Crippen molar-refractivity contribution >= 4 is 17.1 Å². The number of fused-ring (bicyclic) bond motifs is 1. The molecule has 0 fully saturated rings. The number of allylic oxidation sites excluding steroid dienone is 4. The van der Waals surface area contributed by atoms with Crippen LogP contribution in [0.15, 0.2) is 88.5 Å². The second-order valence-corrected chi connectivity index (χ2v) is 8.96. The summed E-state index contributed by atoms with van der Waals surface area (Å²) in [5.74, 6) is 0.279. The van der Waals surface area contributed by atoms with E-state index in [0.717, 1.165) is 42.1 Å². The summed E-state index contributed by atoms with van der Waals surface area (Å²) < 4.78 is 0. The molecule has 1 heterocycles. The molecule has 1 aromatic carbocycles. The minimum absolute atomic E-state index is 0.0870. The SMILES string of the molecule is C=CC1=NC(CC(=C)N=C(C)C)C(CCC(C)(/C=C\C)N=C(C)/C=C\C)c2ccccc21. The number of hydrogen-bond acceptors (Lipinski definition) is 3. The van der Waals surface area contributed by atoms with E-state index in [1.165, 1.54) is 11.1 Å². The standard InChI is InChI=1S/C29H39N3/c1-9-14-22(6)32-29(8,18-10-2)19-17-26-24-15-12-13-16-25(24)27(11-3)31-28(26)20-23(7)30-21(4)5/h9-16,18,26,28H,3,7,17,19-20H2,1-2,4-6,8H3/b14-9-,18-10-,32-22?. The van der Waals surface area contributed by atoms with E-state index in [9.17, 15) is 0 Å². The summed E-state index contributed by atoms with van der Waals surface area (Å²) in [6, 6.07) is 8.68. The Bertz CT molecular complexity index is 970. The van der Waals surface area contributed by atoms with Crippen molar-refractivity contribution in [1.29, 1.82) is 0 Å². The van der Waals surface area contributed by atoms with Crippen LogP contribution in [0.5, 0.6) is 0 Å². The van der Waals surface area contributed by atoms with Gasteiger partial charge in [-0.15, -0.1) is 0 Å². The first-order valence-corrected chi connectivity index (χ1v) is 11.5. The Kier molecular flexibility index (Phi) is 9.31. The van der Waals surface area contributed by atoms with Gasteiger partial charge >= 0.3 is 0 Å². The maximum Gasteiger partial charge on any atom is 0.0762 e. The Balaban J connectivity index is 2.42. The zero-order valence-electron chi connectivity index (χ0n) is 20.7. The van der Waals surface area contributed by atoms with Crippen LogP contribution >= 0.6 is 0 Å². The number of nitrogens with zero attached hydrogens (tertiary/aromatic N) is 3. The molecule has 0 saturated carbocycles. The van der Waals surface area contributed by atoms with Crippen LogP contribution in [0.25, 0.3) is 0 Å². The highest BCUT2D eigenvalue weighted by Crippen LogP contribution is 2.39. The predicted octanol–water partition coefficient (Wildman–Crippen LogP) is 7.66. The summed E-state index contributed by atoms with van der Waals surface area (Å²) in [5, 5.41) is 0. The molecule has 0 spiro atoms. The molecule has 3 atom stereocenters. The average Bonchev–Trinajstić information content (AvgIpc) is 2.72. The van der Waals surface area contributed by atoms with E-state index < -0.39 is 0 Å². The van der Waals surface area contributed by atoms with E-state index in [1.807, 2.05) is 32.9 Å². The summed E-state index contributed by atoms with van der Waals surface area (Å²) in [6.45, 7) is 20.6. The highest BCUT2D eigenvalue weighted by Gasteiger charge is 2.32. The largest absolute Gasteiger partial charge is 0.280 e. The second kappa shape index (κ2) is 11.7. The van der Waals surface area contributed by atoms with Gasteiger partial charge in [0.2, 0.25) is 0 Å². The van der Waals surface area contributed by atoms with E-state index >= 15 is 0 Å². The van der Waals surface area contributed by atoms with Crippen LogP contribution in [0.4, 0.5) is 0 Å². The molecular weight excluding hydrogens is 390 g/mol. The lowest BCUT2D eigenvalue weighted by molar-refractivity contribution is 0.423. The van der Waals surface area contributed by atoms with Crippen molar-refractivity contribution in [1.82, 2.24) is 0 Å². The van der Waals surface area contributed by atoms with Gasteiger partial charge in [0.1, 0.15) is 0 Å². The molecule has 2 rings (SSSR count). The van der Waals surface area contributed by atoms with Crippen molar-refractivity contribution in [2.45, 2.75) is 78.3 Å². The van der Waals surface area contributed by atoms with Gasteiger partial charge in [-0.2, -0.15) is 0 Å². The summed E-state index contributed by atoms with van der Waals surface area (Å²) >= 11 is 0. The molecule has 3 heteroatoms. The molecule has 0 amide bonds. The summed E-state index contributed by atoms with van der Waals surface area (Å²) in [6.07, 6.45) is 12.9. The van der Waals surface area contributed by atoms with Crippen molar-refractivity contribution in [3.8, 4) is 0 Å². The highest BCUT2D eigenvalue weighted by molar-refractivity contribution is 6.10. The molecule has 0 aromatic heterocycles. The molecule has 3 nitrogen and oxygen atoms in total. The van der Waals surface area contributed by atoms with Crippen molar-refractivity contribution in [3.05, 3.63) is 84.6 Å². The van der Waals surface area contributed by atoms with Crippen LogP contribution in [0.1, 0.15) is 77.8 Å². The Morgan fingerprint density at radius 2 is 1.88 bits per heavy atom. The quantitative estimate of drug-likeness (QED) is 0.270. The van der Waals surface area contributed by atoms with Gasteiger partial charge in [0, 0.05) is 35.0 Å². The van der Waals surface area contributed by atoms with E-state index in [0.29, 0.717) is 0 Å². The number of hydrogen-bond donors (Lipinski definition) is 0. The van der Waals surface area contributed by atoms with E-state index in [2.05, 4.69) is 81.4 Å². The van der Waals surface area contributed by atoms with Crippen LogP contribution in [-0.2, 0) is 0 Å². The number of rotatable bonds is 10. The Hall–Kier alpha value is -2.81. The van der Waals surface area contributed by atoms with Crippen LogP contribution in [0.3, 0.4) is 0 Å². The van der Waals surface area contributed by atoms with Gasteiger partial charge in [0.05, 0.1) is 17.3 Å². The van der Waals surface area contributed by atoms with E-state index in [1.54, 1.807) is 0 Å². The van der Waals surface area contributed by atoms with Crippen LogP contribution in [-0.4, -0.2) is 28.7 Å². The maximum atomic E-state index is 5.11. The smallest absolute Gasteiger partial charge is 0.0762 e. The molecule has 3 unspecified atom stereocenters. The second-order valence-electron chi connectivity index (χ2n) is 8.96. The van der Waals surface area contributed by atoms with Crippen LogP contribution in [0, 0.1) is 0 Å². The monoisotopic (exact) mass is 429 g/mol. The Labute approximate surface area is 195 Å². The summed E-state index contributed by atoms with van der Waals surface area (Å²) in [5.41, 5.74) is 6.17. The molecule has 32 heavy (non-hydrogen) atoms. The van der Waals surface area contributed by atoms with Gasteiger partial charge in [0.25, 0.3) is 0 Å². The zero-order chi connectivity index (χ0) is 23.7. The summed E-state index contributed by atoms with van der Waals surface area (Å²) in [7, 11) is 0. The lowest BCUT2D eigenvalue weighted by atomic mass is 9.77. The van der Waals surface area contributed by atoms with Crippen LogP contribution in [0.2, 0.25) is 0 Å². The molecule has 170 valence electrons. The minimum Gasteiger partial charge on any atom is -0.280 e. The fourth-order valence-corrected chi connectivity index (χ4v) is 4.57. The number of aliphatic imine (C=N–C) groups is 3. The highest BCUT2D eigenvalue weighted by atomic mass is 14.9. The fraction of sp³-hybridized carbons (Fsp3) is 0.414. The fourth-order valence-electron chi connectivity index (χ4n) is 4.57. The first kappa shape index (κ1) is 25.5. The average molecular weight is 430 g/mol. The first-order valence-electron chi connectivity index (χ1n) is 11.5. The van der Waals surface area contributed by atoms with E-state index in [4.69, 9.17) is 9.98 Å². The van der Waals surface area contributed by atoms with Crippen molar-refractivity contribution in [2.75, 3.05) is 0 Å². The van der Waals surface area contributed by atoms with Crippen LogP contribution < -0.4 is 0 Å². The molecule has 1 aliphatic rings. The topological polar surface area (TPSA) is 37.1 Å². The lowest BCUT2D eigenvalue weighted by Gasteiger charge is -2.33. The molecule has 0 saturated heterocycles. The van der Waals surface area contributed by atoms with Gasteiger partial charge in [0.15, 0.2) is 0 Å². The molecule has 0 aliphatic carbocycles. The molecule has 1 aromatic rings. The van der Waals surface area contributed by atoms with E-state index in [-0.39, 0.29) is 17.5 Å². The van der Waals surface area contributed by atoms with Crippen molar-refractivity contribution in [2.24, 2.45) is 15.0 Å².